The second-order valence-corrected chi connectivity index (χ2v) is 6.30. The highest BCUT2D eigenvalue weighted by atomic mass is 35.5. The van der Waals surface area contributed by atoms with Crippen LogP contribution in [0.4, 0.5) is 5.69 Å². The number of anilines is 1. The van der Waals surface area contributed by atoms with E-state index in [2.05, 4.69) is 15.8 Å². The van der Waals surface area contributed by atoms with Gasteiger partial charge >= 0.3 is 0 Å². The zero-order valence-corrected chi connectivity index (χ0v) is 15.2. The number of hydrogen-bond acceptors (Lipinski definition) is 3. The molecule has 0 radical (unpaired) electrons. The van der Waals surface area contributed by atoms with Crippen LogP contribution in [0.1, 0.15) is 18.4 Å². The molecule has 130 valence electrons. The Balaban J connectivity index is 1.76. The van der Waals surface area contributed by atoms with E-state index in [4.69, 9.17) is 34.8 Å². The van der Waals surface area contributed by atoms with E-state index < -0.39 is 0 Å². The quantitative estimate of drug-likeness (QED) is 0.555. The molecule has 0 unspecified atom stereocenters. The second kappa shape index (κ2) is 9.42. The first-order valence-electron chi connectivity index (χ1n) is 7.26. The first kappa shape index (κ1) is 19.2. The van der Waals surface area contributed by atoms with Crippen molar-refractivity contribution in [2.75, 3.05) is 5.32 Å². The smallest absolute Gasteiger partial charge is 0.240 e. The number of halogens is 3. The van der Waals surface area contributed by atoms with Gasteiger partial charge in [-0.25, -0.2) is 5.43 Å². The second-order valence-electron chi connectivity index (χ2n) is 5.02. The Morgan fingerprint density at radius 3 is 2.28 bits per heavy atom. The van der Waals surface area contributed by atoms with Crippen molar-refractivity contribution < 1.29 is 9.59 Å². The number of nitrogens with one attached hydrogen (secondary N) is 2. The number of rotatable bonds is 6. The van der Waals surface area contributed by atoms with E-state index in [0.717, 1.165) is 5.56 Å². The Morgan fingerprint density at radius 1 is 0.920 bits per heavy atom. The molecule has 0 saturated carbocycles. The number of carbonyl (C=O) groups is 2. The van der Waals surface area contributed by atoms with Crippen molar-refractivity contribution in [2.45, 2.75) is 12.8 Å². The summed E-state index contributed by atoms with van der Waals surface area (Å²) >= 11 is 17.6. The predicted octanol–water partition coefficient (Wildman–Crippen LogP) is 4.52. The molecule has 0 aliphatic carbocycles. The summed E-state index contributed by atoms with van der Waals surface area (Å²) < 4.78 is 0. The number of benzene rings is 2. The molecule has 2 rings (SSSR count). The Hall–Kier alpha value is -2.08. The summed E-state index contributed by atoms with van der Waals surface area (Å²) in [4.78, 5) is 23.6. The van der Waals surface area contributed by atoms with Gasteiger partial charge < -0.3 is 5.32 Å². The number of hydrazone groups is 1. The van der Waals surface area contributed by atoms with Crippen LogP contribution in [-0.4, -0.2) is 18.0 Å². The maximum atomic E-state index is 11.9. The average molecular weight is 399 g/mol. The van der Waals surface area contributed by atoms with Crippen molar-refractivity contribution in [1.29, 1.82) is 0 Å². The SMILES string of the molecule is O=C(CCC(=O)Nc1cc(Cl)ccc1Cl)N/N=C\c1ccc(Cl)cc1. The summed E-state index contributed by atoms with van der Waals surface area (Å²) in [5.74, 6) is -0.724. The van der Waals surface area contributed by atoms with Gasteiger partial charge in [-0.15, -0.1) is 0 Å². The van der Waals surface area contributed by atoms with Gasteiger partial charge in [-0.3, -0.25) is 9.59 Å². The van der Waals surface area contributed by atoms with Crippen molar-refractivity contribution in [1.82, 2.24) is 5.43 Å². The summed E-state index contributed by atoms with van der Waals surface area (Å²) in [6.45, 7) is 0. The van der Waals surface area contributed by atoms with E-state index in [1.165, 1.54) is 12.3 Å². The van der Waals surface area contributed by atoms with E-state index in [1.54, 1.807) is 36.4 Å². The minimum atomic E-state index is -0.377. The lowest BCUT2D eigenvalue weighted by atomic mass is 10.2. The van der Waals surface area contributed by atoms with Crippen LogP contribution < -0.4 is 10.7 Å². The molecule has 0 fully saturated rings. The van der Waals surface area contributed by atoms with Gasteiger partial charge in [0, 0.05) is 22.9 Å². The average Bonchev–Trinajstić information content (AvgIpc) is 2.58. The lowest BCUT2D eigenvalue weighted by molar-refractivity contribution is -0.124. The van der Waals surface area contributed by atoms with Crippen LogP contribution in [0, 0.1) is 0 Å². The zero-order chi connectivity index (χ0) is 18.2. The van der Waals surface area contributed by atoms with Crippen LogP contribution in [0.25, 0.3) is 0 Å². The molecule has 0 bridgehead atoms. The largest absolute Gasteiger partial charge is 0.325 e. The summed E-state index contributed by atoms with van der Waals surface area (Å²) in [5, 5.41) is 7.87. The molecule has 2 aromatic carbocycles. The number of nitrogens with zero attached hydrogens (tertiary/aromatic N) is 1. The highest BCUT2D eigenvalue weighted by molar-refractivity contribution is 6.35. The molecule has 8 heteroatoms. The van der Waals surface area contributed by atoms with Crippen molar-refractivity contribution in [2.24, 2.45) is 5.10 Å². The Bertz CT molecular complexity index is 792. The summed E-state index contributed by atoms with van der Waals surface area (Å²) in [6.07, 6.45) is 1.47. The van der Waals surface area contributed by atoms with Gasteiger partial charge in [0.05, 0.1) is 16.9 Å². The fraction of sp³-hybridized carbons (Fsp3) is 0.118. The molecule has 0 atom stereocenters. The topological polar surface area (TPSA) is 70.6 Å². The van der Waals surface area contributed by atoms with Gasteiger partial charge in [0.15, 0.2) is 0 Å². The summed E-state index contributed by atoms with van der Waals surface area (Å²) in [5.41, 5.74) is 3.55. The minimum Gasteiger partial charge on any atom is -0.325 e. The minimum absolute atomic E-state index is 0.00879. The summed E-state index contributed by atoms with van der Waals surface area (Å²) in [6, 6.07) is 11.7. The molecule has 2 N–H and O–H groups in total. The number of carbonyl (C=O) groups excluding carboxylic acids is 2. The van der Waals surface area contributed by atoms with E-state index in [9.17, 15) is 9.59 Å². The fourth-order valence-corrected chi connectivity index (χ4v) is 2.28. The maximum absolute atomic E-state index is 11.9. The molecular formula is C17H14Cl3N3O2. The summed E-state index contributed by atoms with van der Waals surface area (Å²) in [7, 11) is 0. The van der Waals surface area contributed by atoms with Crippen molar-refractivity contribution in [3.05, 3.63) is 63.1 Å². The molecule has 0 aliphatic rings. The van der Waals surface area contributed by atoms with Gasteiger partial charge in [-0.2, -0.15) is 5.10 Å². The number of amides is 2. The van der Waals surface area contributed by atoms with Gasteiger partial charge in [0.25, 0.3) is 0 Å². The lowest BCUT2D eigenvalue weighted by Gasteiger charge is -2.07. The highest BCUT2D eigenvalue weighted by Gasteiger charge is 2.09. The molecule has 5 nitrogen and oxygen atoms in total. The molecule has 0 saturated heterocycles. The normalized spacial score (nSPS) is 10.7. The molecule has 25 heavy (non-hydrogen) atoms. The highest BCUT2D eigenvalue weighted by Crippen LogP contribution is 2.25. The van der Waals surface area contributed by atoms with Gasteiger partial charge in [-0.1, -0.05) is 46.9 Å². The van der Waals surface area contributed by atoms with Crippen molar-refractivity contribution in [3.63, 3.8) is 0 Å². The van der Waals surface area contributed by atoms with E-state index in [1.807, 2.05) is 0 Å². The third-order valence-corrected chi connectivity index (χ3v) is 3.87. The maximum Gasteiger partial charge on any atom is 0.240 e. The van der Waals surface area contributed by atoms with Crippen LogP contribution in [0.5, 0.6) is 0 Å². The first-order valence-corrected chi connectivity index (χ1v) is 8.40. The Kier molecular flexibility index (Phi) is 7.25. The third-order valence-electron chi connectivity index (χ3n) is 3.05. The Labute approximate surface area is 160 Å². The molecule has 2 amide bonds. The first-order chi connectivity index (χ1) is 11.9. The lowest BCUT2D eigenvalue weighted by Crippen LogP contribution is -2.20. The van der Waals surface area contributed by atoms with E-state index in [0.29, 0.717) is 20.8 Å². The monoisotopic (exact) mass is 397 g/mol. The van der Waals surface area contributed by atoms with E-state index in [-0.39, 0.29) is 24.7 Å². The van der Waals surface area contributed by atoms with E-state index >= 15 is 0 Å². The van der Waals surface area contributed by atoms with Crippen LogP contribution in [0.2, 0.25) is 15.1 Å². The van der Waals surface area contributed by atoms with Crippen LogP contribution in [-0.2, 0) is 9.59 Å². The third kappa shape index (κ3) is 6.74. The zero-order valence-electron chi connectivity index (χ0n) is 12.9. The van der Waals surface area contributed by atoms with Gasteiger partial charge in [0.1, 0.15) is 0 Å². The van der Waals surface area contributed by atoms with Crippen molar-refractivity contribution >= 4 is 58.5 Å². The van der Waals surface area contributed by atoms with Gasteiger partial charge in [-0.05, 0) is 35.9 Å². The molecule has 0 aliphatic heterocycles. The van der Waals surface area contributed by atoms with Crippen LogP contribution >= 0.6 is 34.8 Å². The Morgan fingerprint density at radius 2 is 1.56 bits per heavy atom. The molecule has 0 spiro atoms. The molecule has 2 aromatic rings. The van der Waals surface area contributed by atoms with Crippen LogP contribution in [0.3, 0.4) is 0 Å². The standard InChI is InChI=1S/C17H14Cl3N3O2/c18-12-3-1-11(2-4-12)10-21-23-17(25)8-7-16(24)22-15-9-13(19)5-6-14(15)20/h1-6,9-10H,7-8H2,(H,22,24)(H,23,25)/b21-10-. The molecular weight excluding hydrogens is 385 g/mol. The van der Waals surface area contributed by atoms with Crippen LogP contribution in [0.15, 0.2) is 47.6 Å². The molecule has 0 aromatic heterocycles. The van der Waals surface area contributed by atoms with Crippen molar-refractivity contribution in [3.8, 4) is 0 Å². The predicted molar refractivity (Wildman–Crippen MR) is 102 cm³/mol. The fourth-order valence-electron chi connectivity index (χ4n) is 1.82. The number of hydrogen-bond donors (Lipinski definition) is 2. The van der Waals surface area contributed by atoms with Gasteiger partial charge in [0.2, 0.25) is 11.8 Å². The molecule has 0 heterocycles.